The summed E-state index contributed by atoms with van der Waals surface area (Å²) < 4.78 is 0. The summed E-state index contributed by atoms with van der Waals surface area (Å²) in [4.78, 5) is 22.6. The molecule has 2 N–H and O–H groups in total. The van der Waals surface area contributed by atoms with Crippen LogP contribution in [-0.4, -0.2) is 23.0 Å². The Morgan fingerprint density at radius 2 is 1.85 bits per heavy atom. The molecule has 1 amide bonds. The van der Waals surface area contributed by atoms with Gasteiger partial charge in [-0.1, -0.05) is 30.3 Å². The Bertz CT molecular complexity index is 636. The highest BCUT2D eigenvalue weighted by atomic mass is 16.4. The summed E-state index contributed by atoms with van der Waals surface area (Å²) in [6.45, 7) is 1.81. The number of hydrogen-bond donors (Lipinski definition) is 2. The monoisotopic (exact) mass is 271 g/mol. The molecule has 0 bridgehead atoms. The maximum atomic E-state index is 12.1. The summed E-state index contributed by atoms with van der Waals surface area (Å²) in [5.74, 6) is -1.02. The largest absolute Gasteiger partial charge is 0.481 e. The van der Waals surface area contributed by atoms with E-state index in [1.54, 1.807) is 6.07 Å². The Labute approximate surface area is 117 Å². The van der Waals surface area contributed by atoms with Gasteiger partial charge in [0.25, 0.3) is 5.91 Å². The zero-order valence-electron chi connectivity index (χ0n) is 11.3. The molecule has 104 valence electrons. The minimum Gasteiger partial charge on any atom is -0.481 e. The van der Waals surface area contributed by atoms with Crippen LogP contribution in [0.2, 0.25) is 0 Å². The molecule has 0 saturated heterocycles. The fraction of sp³-hybridized carbons (Fsp3) is 0.250. The van der Waals surface area contributed by atoms with Gasteiger partial charge in [-0.3, -0.25) is 9.59 Å². The molecule has 4 nitrogen and oxygen atoms in total. The van der Waals surface area contributed by atoms with Crippen LogP contribution in [0.25, 0.3) is 10.8 Å². The van der Waals surface area contributed by atoms with Crippen LogP contribution in [-0.2, 0) is 4.79 Å². The maximum absolute atomic E-state index is 12.1. The summed E-state index contributed by atoms with van der Waals surface area (Å²) in [5, 5.41) is 13.5. The molecule has 0 aliphatic heterocycles. The number of nitrogens with one attached hydrogen (secondary N) is 1. The van der Waals surface area contributed by atoms with Crippen molar-refractivity contribution < 1.29 is 14.7 Å². The first-order valence-electron chi connectivity index (χ1n) is 6.58. The van der Waals surface area contributed by atoms with Gasteiger partial charge in [-0.2, -0.15) is 0 Å². The van der Waals surface area contributed by atoms with Crippen LogP contribution in [0.15, 0.2) is 42.5 Å². The van der Waals surface area contributed by atoms with E-state index in [1.807, 2.05) is 43.3 Å². The third-order valence-electron chi connectivity index (χ3n) is 3.18. The highest BCUT2D eigenvalue weighted by Gasteiger charge is 2.11. The number of benzene rings is 2. The number of rotatable bonds is 5. The Morgan fingerprint density at radius 3 is 2.55 bits per heavy atom. The predicted molar refractivity (Wildman–Crippen MR) is 77.7 cm³/mol. The van der Waals surface area contributed by atoms with Gasteiger partial charge in [-0.05, 0) is 36.2 Å². The van der Waals surface area contributed by atoms with Gasteiger partial charge >= 0.3 is 5.97 Å². The molecule has 0 aliphatic rings. The van der Waals surface area contributed by atoms with Gasteiger partial charge in [0.05, 0.1) is 0 Å². The first kappa shape index (κ1) is 14.1. The number of carboxylic acid groups (broad SMARTS) is 1. The van der Waals surface area contributed by atoms with Gasteiger partial charge in [0.2, 0.25) is 0 Å². The van der Waals surface area contributed by atoms with Gasteiger partial charge in [0, 0.05) is 18.0 Å². The lowest BCUT2D eigenvalue weighted by Crippen LogP contribution is -2.32. The van der Waals surface area contributed by atoms with Gasteiger partial charge < -0.3 is 10.4 Å². The van der Waals surface area contributed by atoms with Crippen molar-refractivity contribution in [3.8, 4) is 0 Å². The molecular formula is C16H17NO3. The molecule has 2 aromatic carbocycles. The number of fused-ring (bicyclic) bond motifs is 1. The van der Waals surface area contributed by atoms with E-state index in [4.69, 9.17) is 5.11 Å². The van der Waals surface area contributed by atoms with Crippen LogP contribution in [0.5, 0.6) is 0 Å². The second-order valence-electron chi connectivity index (χ2n) is 4.87. The Hall–Kier alpha value is -2.36. The van der Waals surface area contributed by atoms with Crippen molar-refractivity contribution in [1.29, 1.82) is 0 Å². The summed E-state index contributed by atoms with van der Waals surface area (Å²) in [6.07, 6.45) is 0.480. The van der Waals surface area contributed by atoms with Gasteiger partial charge in [0.15, 0.2) is 0 Å². The van der Waals surface area contributed by atoms with Gasteiger partial charge in [0.1, 0.15) is 0 Å². The van der Waals surface area contributed by atoms with E-state index in [9.17, 15) is 9.59 Å². The van der Waals surface area contributed by atoms with E-state index < -0.39 is 5.97 Å². The smallest absolute Gasteiger partial charge is 0.303 e. The Kier molecular flexibility index (Phi) is 4.35. The summed E-state index contributed by atoms with van der Waals surface area (Å²) in [7, 11) is 0. The first-order valence-corrected chi connectivity index (χ1v) is 6.58. The van der Waals surface area contributed by atoms with Crippen LogP contribution in [0, 0.1) is 0 Å². The molecule has 0 aromatic heterocycles. The zero-order chi connectivity index (χ0) is 14.5. The fourth-order valence-corrected chi connectivity index (χ4v) is 2.05. The molecule has 0 fully saturated rings. The molecule has 0 spiro atoms. The molecule has 0 heterocycles. The van der Waals surface area contributed by atoms with Crippen molar-refractivity contribution in [2.75, 3.05) is 0 Å². The van der Waals surface area contributed by atoms with Gasteiger partial charge in [-0.25, -0.2) is 0 Å². The zero-order valence-corrected chi connectivity index (χ0v) is 11.3. The minimum absolute atomic E-state index is 0.0547. The normalized spacial score (nSPS) is 12.1. The van der Waals surface area contributed by atoms with Crippen molar-refractivity contribution in [3.05, 3.63) is 48.0 Å². The summed E-state index contributed by atoms with van der Waals surface area (Å²) in [6, 6.07) is 13.2. The lowest BCUT2D eigenvalue weighted by molar-refractivity contribution is -0.137. The maximum Gasteiger partial charge on any atom is 0.303 e. The molecule has 0 saturated carbocycles. The molecule has 2 rings (SSSR count). The molecule has 4 heteroatoms. The van der Waals surface area contributed by atoms with Crippen molar-refractivity contribution >= 4 is 22.6 Å². The molecular weight excluding hydrogens is 254 g/mol. The Morgan fingerprint density at radius 1 is 1.15 bits per heavy atom. The summed E-state index contributed by atoms with van der Waals surface area (Å²) in [5.41, 5.74) is 0.589. The van der Waals surface area contributed by atoms with Crippen LogP contribution >= 0.6 is 0 Å². The average Bonchev–Trinajstić information content (AvgIpc) is 2.44. The Balaban J connectivity index is 2.05. The van der Waals surface area contributed by atoms with Crippen molar-refractivity contribution in [3.63, 3.8) is 0 Å². The van der Waals surface area contributed by atoms with Crippen LogP contribution in [0.4, 0.5) is 0 Å². The number of aliphatic carboxylic acids is 1. The SMILES string of the molecule is CC(CCC(=O)O)NC(=O)c1ccc2ccccc2c1. The second-order valence-corrected chi connectivity index (χ2v) is 4.87. The number of hydrogen-bond acceptors (Lipinski definition) is 2. The topological polar surface area (TPSA) is 66.4 Å². The number of carbonyl (C=O) groups is 2. The molecule has 0 aliphatic carbocycles. The molecule has 2 aromatic rings. The first-order chi connectivity index (χ1) is 9.56. The fourth-order valence-electron chi connectivity index (χ4n) is 2.05. The van der Waals surface area contributed by atoms with E-state index in [2.05, 4.69) is 5.32 Å². The van der Waals surface area contributed by atoms with E-state index in [0.29, 0.717) is 12.0 Å². The van der Waals surface area contributed by atoms with Crippen molar-refractivity contribution in [1.82, 2.24) is 5.32 Å². The van der Waals surface area contributed by atoms with Gasteiger partial charge in [-0.15, -0.1) is 0 Å². The van der Waals surface area contributed by atoms with E-state index in [0.717, 1.165) is 10.8 Å². The second kappa shape index (κ2) is 6.19. The third-order valence-corrected chi connectivity index (χ3v) is 3.18. The highest BCUT2D eigenvalue weighted by molar-refractivity contribution is 5.98. The third kappa shape index (κ3) is 3.57. The van der Waals surface area contributed by atoms with Crippen molar-refractivity contribution in [2.24, 2.45) is 0 Å². The van der Waals surface area contributed by atoms with E-state index in [1.165, 1.54) is 0 Å². The molecule has 0 radical (unpaired) electrons. The quantitative estimate of drug-likeness (QED) is 0.878. The lowest BCUT2D eigenvalue weighted by atomic mass is 10.1. The molecule has 1 atom stereocenters. The van der Waals surface area contributed by atoms with Crippen LogP contribution in [0.1, 0.15) is 30.1 Å². The van der Waals surface area contributed by atoms with E-state index in [-0.39, 0.29) is 18.4 Å². The number of carbonyl (C=O) groups excluding carboxylic acids is 1. The highest BCUT2D eigenvalue weighted by Crippen LogP contribution is 2.15. The van der Waals surface area contributed by atoms with E-state index >= 15 is 0 Å². The predicted octanol–water partition coefficient (Wildman–Crippen LogP) is 2.82. The summed E-state index contributed by atoms with van der Waals surface area (Å²) >= 11 is 0. The average molecular weight is 271 g/mol. The van der Waals surface area contributed by atoms with Crippen molar-refractivity contribution in [2.45, 2.75) is 25.8 Å². The molecule has 20 heavy (non-hydrogen) atoms. The van der Waals surface area contributed by atoms with Crippen LogP contribution < -0.4 is 5.32 Å². The minimum atomic E-state index is -0.850. The lowest BCUT2D eigenvalue weighted by Gasteiger charge is -2.13. The standard InChI is InChI=1S/C16H17NO3/c1-11(6-9-15(18)19)17-16(20)14-8-7-12-4-2-3-5-13(12)10-14/h2-5,7-8,10-11H,6,9H2,1H3,(H,17,20)(H,18,19). The number of carboxylic acids is 1. The molecule has 1 unspecified atom stereocenters. The van der Waals surface area contributed by atoms with Crippen LogP contribution in [0.3, 0.4) is 0 Å². The number of amides is 1.